The van der Waals surface area contributed by atoms with Gasteiger partial charge in [0.2, 0.25) is 0 Å². The van der Waals surface area contributed by atoms with E-state index in [-0.39, 0.29) is 6.10 Å². The average Bonchev–Trinajstić information content (AvgIpc) is 2.00. The van der Waals surface area contributed by atoms with Crippen molar-refractivity contribution in [1.82, 2.24) is 0 Å². The molecule has 1 atom stereocenters. The Morgan fingerprint density at radius 1 is 1.55 bits per heavy atom. The van der Waals surface area contributed by atoms with Gasteiger partial charge in [0.15, 0.2) is 0 Å². The fraction of sp³-hybridized carbons (Fsp3) is 0.875. The zero-order chi connectivity index (χ0) is 8.69. The van der Waals surface area contributed by atoms with Crippen LogP contribution in [0.2, 0.25) is 0 Å². The van der Waals surface area contributed by atoms with Gasteiger partial charge in [-0.05, 0) is 20.8 Å². The molecule has 0 aliphatic rings. The van der Waals surface area contributed by atoms with E-state index < -0.39 is 0 Å². The topological polar surface area (TPSA) is 18.5 Å². The molecule has 0 aromatic heterocycles. The Morgan fingerprint density at radius 2 is 2.18 bits per heavy atom. The number of hydrogen-bond donors (Lipinski definition) is 0. The Bertz CT molecular complexity index is 88.2. The average molecular weight is 180 g/mol. The van der Waals surface area contributed by atoms with Crippen LogP contribution in [0.3, 0.4) is 0 Å². The molecule has 0 heterocycles. The van der Waals surface area contributed by atoms with Gasteiger partial charge in [-0.2, -0.15) is 0 Å². The van der Waals surface area contributed by atoms with Crippen LogP contribution < -0.4 is 0 Å². The molecule has 0 aromatic rings. The molecule has 0 rings (SSSR count). The van der Waals surface area contributed by atoms with Gasteiger partial charge in [0.1, 0.15) is 6.10 Å². The van der Waals surface area contributed by atoms with Crippen LogP contribution in [0.25, 0.3) is 0 Å². The second-order valence-electron chi connectivity index (χ2n) is 2.25. The molecule has 0 fully saturated rings. The summed E-state index contributed by atoms with van der Waals surface area (Å²) in [5.74, 6) is 0.524. The third-order valence-electron chi connectivity index (χ3n) is 1.40. The Hall–Kier alpha value is 0.210. The summed E-state index contributed by atoms with van der Waals surface area (Å²) < 4.78 is 10.6. The minimum atomic E-state index is 0.0724. The smallest absolute Gasteiger partial charge is 0.122 e. The van der Waals surface area contributed by atoms with Crippen molar-refractivity contribution in [2.24, 2.45) is 0 Å². The molecule has 0 spiro atoms. The van der Waals surface area contributed by atoms with Crippen molar-refractivity contribution in [2.45, 2.75) is 26.9 Å². The molecule has 0 N–H and O–H groups in total. The van der Waals surface area contributed by atoms with Gasteiger partial charge in [0, 0.05) is 12.5 Å². The maximum atomic E-state index is 5.45. The van der Waals surface area contributed by atoms with E-state index in [2.05, 4.69) is 0 Å². The second kappa shape index (κ2) is 6.89. The quantitative estimate of drug-likeness (QED) is 0.583. The standard InChI is InChI=1S/C8H16ClO2/c1-4-10-7(2)8(3)11-6-5-9/h7H,4-6H2,1-3H3. The monoisotopic (exact) mass is 179 g/mol. The summed E-state index contributed by atoms with van der Waals surface area (Å²) in [6.07, 6.45) is 0.968. The summed E-state index contributed by atoms with van der Waals surface area (Å²) in [4.78, 5) is 0. The van der Waals surface area contributed by atoms with E-state index in [1.165, 1.54) is 0 Å². The predicted octanol–water partition coefficient (Wildman–Crippen LogP) is 2.22. The maximum Gasteiger partial charge on any atom is 0.122 e. The van der Waals surface area contributed by atoms with E-state index in [0.717, 1.165) is 6.10 Å². The summed E-state index contributed by atoms with van der Waals surface area (Å²) in [5.41, 5.74) is 0. The number of ether oxygens (including phenoxy) is 2. The van der Waals surface area contributed by atoms with Gasteiger partial charge >= 0.3 is 0 Å². The van der Waals surface area contributed by atoms with Crippen LogP contribution >= 0.6 is 11.6 Å². The van der Waals surface area contributed by atoms with E-state index in [9.17, 15) is 0 Å². The highest BCUT2D eigenvalue weighted by Gasteiger charge is 2.12. The number of halogens is 1. The van der Waals surface area contributed by atoms with Gasteiger partial charge in [-0.15, -0.1) is 11.6 Å². The van der Waals surface area contributed by atoms with Crippen LogP contribution in [0, 0.1) is 6.10 Å². The summed E-state index contributed by atoms with van der Waals surface area (Å²) in [6.45, 7) is 7.11. The first-order valence-electron chi connectivity index (χ1n) is 3.86. The minimum absolute atomic E-state index is 0.0724. The number of rotatable bonds is 6. The molecule has 0 bridgehead atoms. The number of alkyl halides is 1. The van der Waals surface area contributed by atoms with Gasteiger partial charge in [-0.1, -0.05) is 0 Å². The lowest BCUT2D eigenvalue weighted by Crippen LogP contribution is -2.19. The molecule has 67 valence electrons. The van der Waals surface area contributed by atoms with Gasteiger partial charge in [-0.3, -0.25) is 0 Å². The van der Waals surface area contributed by atoms with E-state index in [1.54, 1.807) is 0 Å². The molecule has 0 saturated carbocycles. The molecule has 0 aromatic carbocycles. The van der Waals surface area contributed by atoms with Crippen LogP contribution in [0.5, 0.6) is 0 Å². The first-order valence-corrected chi connectivity index (χ1v) is 4.39. The van der Waals surface area contributed by atoms with Gasteiger partial charge < -0.3 is 9.47 Å². The van der Waals surface area contributed by atoms with E-state index in [0.29, 0.717) is 19.1 Å². The van der Waals surface area contributed by atoms with Crippen molar-refractivity contribution < 1.29 is 9.47 Å². The third-order valence-corrected chi connectivity index (χ3v) is 1.55. The zero-order valence-corrected chi connectivity index (χ0v) is 8.15. The highest BCUT2D eigenvalue weighted by molar-refractivity contribution is 6.17. The Labute approximate surface area is 73.8 Å². The molecular formula is C8H16ClO2. The first-order chi connectivity index (χ1) is 5.22. The lowest BCUT2D eigenvalue weighted by molar-refractivity contribution is 0.0114. The Kier molecular flexibility index (Phi) is 7.02. The van der Waals surface area contributed by atoms with Gasteiger partial charge in [0.25, 0.3) is 0 Å². The molecule has 2 nitrogen and oxygen atoms in total. The molecule has 0 aliphatic carbocycles. The molecule has 1 radical (unpaired) electrons. The van der Waals surface area contributed by atoms with Crippen molar-refractivity contribution in [3.8, 4) is 0 Å². The van der Waals surface area contributed by atoms with E-state index >= 15 is 0 Å². The maximum absolute atomic E-state index is 5.45. The van der Waals surface area contributed by atoms with Crippen molar-refractivity contribution in [3.63, 3.8) is 0 Å². The van der Waals surface area contributed by atoms with Gasteiger partial charge in [-0.25, -0.2) is 0 Å². The fourth-order valence-electron chi connectivity index (χ4n) is 0.684. The highest BCUT2D eigenvalue weighted by atomic mass is 35.5. The predicted molar refractivity (Wildman–Crippen MR) is 46.7 cm³/mol. The van der Waals surface area contributed by atoms with Crippen molar-refractivity contribution in [2.75, 3.05) is 19.1 Å². The van der Waals surface area contributed by atoms with Crippen molar-refractivity contribution in [3.05, 3.63) is 6.10 Å². The van der Waals surface area contributed by atoms with Gasteiger partial charge in [0.05, 0.1) is 12.7 Å². The molecule has 0 aliphatic heterocycles. The lowest BCUT2D eigenvalue weighted by atomic mass is 10.2. The lowest BCUT2D eigenvalue weighted by Gasteiger charge is -2.18. The number of hydrogen-bond acceptors (Lipinski definition) is 2. The van der Waals surface area contributed by atoms with Crippen LogP contribution in [-0.4, -0.2) is 25.2 Å². The van der Waals surface area contributed by atoms with Crippen LogP contribution in [-0.2, 0) is 9.47 Å². The molecule has 0 amide bonds. The van der Waals surface area contributed by atoms with Crippen LogP contribution in [0.15, 0.2) is 0 Å². The van der Waals surface area contributed by atoms with Crippen LogP contribution in [0.4, 0.5) is 0 Å². The van der Waals surface area contributed by atoms with E-state index in [1.807, 2.05) is 20.8 Å². The summed E-state index contributed by atoms with van der Waals surface area (Å²) in [7, 11) is 0. The largest absolute Gasteiger partial charge is 0.376 e. The second-order valence-corrected chi connectivity index (χ2v) is 2.62. The fourth-order valence-corrected chi connectivity index (χ4v) is 0.761. The molecule has 3 heteroatoms. The summed E-state index contributed by atoms with van der Waals surface area (Å²) >= 11 is 5.45. The molecule has 1 unspecified atom stereocenters. The first kappa shape index (κ1) is 11.2. The van der Waals surface area contributed by atoms with Crippen molar-refractivity contribution >= 4 is 11.6 Å². The Balaban J connectivity index is 3.38. The zero-order valence-electron chi connectivity index (χ0n) is 7.39. The summed E-state index contributed by atoms with van der Waals surface area (Å²) in [5, 5.41) is 0. The minimum Gasteiger partial charge on any atom is -0.376 e. The van der Waals surface area contributed by atoms with E-state index in [4.69, 9.17) is 21.1 Å². The normalized spacial score (nSPS) is 13.9. The third kappa shape index (κ3) is 5.48. The molecular weight excluding hydrogens is 164 g/mol. The summed E-state index contributed by atoms with van der Waals surface area (Å²) in [6, 6.07) is 0. The highest BCUT2D eigenvalue weighted by Crippen LogP contribution is 2.10. The molecule has 11 heavy (non-hydrogen) atoms. The van der Waals surface area contributed by atoms with Crippen LogP contribution in [0.1, 0.15) is 20.8 Å². The van der Waals surface area contributed by atoms with Crippen molar-refractivity contribution in [1.29, 1.82) is 0 Å². The molecule has 0 saturated heterocycles. The Morgan fingerprint density at radius 3 is 2.64 bits per heavy atom. The SMILES string of the molecule is CCOC(C)[C](C)OCCCl.